The molecule has 7 heteroatoms. The SMILES string of the molecule is COC(=O)CNC(=O)c1ccc(NC(=O)C2CCCNC2)cc1. The second-order valence-electron chi connectivity index (χ2n) is 5.37. The zero-order valence-corrected chi connectivity index (χ0v) is 13.1. The summed E-state index contributed by atoms with van der Waals surface area (Å²) in [5.41, 5.74) is 1.05. The van der Waals surface area contributed by atoms with Gasteiger partial charge >= 0.3 is 5.97 Å². The fraction of sp³-hybridized carbons (Fsp3) is 0.438. The van der Waals surface area contributed by atoms with Crippen LogP contribution in [0.15, 0.2) is 24.3 Å². The number of benzene rings is 1. The molecule has 1 aromatic rings. The van der Waals surface area contributed by atoms with E-state index in [9.17, 15) is 14.4 Å². The average Bonchev–Trinajstić information content (AvgIpc) is 2.60. The smallest absolute Gasteiger partial charge is 0.325 e. The molecule has 1 unspecified atom stereocenters. The van der Waals surface area contributed by atoms with Crippen LogP contribution in [0.1, 0.15) is 23.2 Å². The maximum atomic E-state index is 12.1. The van der Waals surface area contributed by atoms with Crippen LogP contribution in [0.25, 0.3) is 0 Å². The van der Waals surface area contributed by atoms with Gasteiger partial charge in [0.25, 0.3) is 5.91 Å². The van der Waals surface area contributed by atoms with Gasteiger partial charge in [-0.25, -0.2) is 0 Å². The molecule has 3 N–H and O–H groups in total. The Bertz CT molecular complexity index is 565. The van der Waals surface area contributed by atoms with Gasteiger partial charge in [-0.15, -0.1) is 0 Å². The standard InChI is InChI=1S/C16H21N3O4/c1-23-14(20)10-18-15(21)11-4-6-13(7-5-11)19-16(22)12-3-2-8-17-9-12/h4-7,12,17H,2-3,8-10H2,1H3,(H,18,21)(H,19,22). The van der Waals surface area contributed by atoms with Crippen molar-refractivity contribution in [2.75, 3.05) is 32.1 Å². The van der Waals surface area contributed by atoms with Crippen molar-refractivity contribution in [2.24, 2.45) is 5.92 Å². The minimum absolute atomic E-state index is 0.0138. The molecule has 0 aromatic heterocycles. The monoisotopic (exact) mass is 319 g/mol. The number of anilines is 1. The lowest BCUT2D eigenvalue weighted by molar-refractivity contribution is -0.139. The summed E-state index contributed by atoms with van der Waals surface area (Å²) >= 11 is 0. The maximum absolute atomic E-state index is 12.1. The van der Waals surface area contributed by atoms with Crippen LogP contribution in [0.3, 0.4) is 0 Å². The molecule has 1 aliphatic heterocycles. The van der Waals surface area contributed by atoms with E-state index in [4.69, 9.17) is 0 Å². The van der Waals surface area contributed by atoms with Crippen molar-refractivity contribution < 1.29 is 19.1 Å². The summed E-state index contributed by atoms with van der Waals surface area (Å²) in [7, 11) is 1.26. The summed E-state index contributed by atoms with van der Waals surface area (Å²) in [5.74, 6) is -0.917. The largest absolute Gasteiger partial charge is 0.468 e. The van der Waals surface area contributed by atoms with Crippen LogP contribution in [0.5, 0.6) is 0 Å². The van der Waals surface area contributed by atoms with Gasteiger partial charge < -0.3 is 20.7 Å². The van der Waals surface area contributed by atoms with E-state index < -0.39 is 5.97 Å². The highest BCUT2D eigenvalue weighted by atomic mass is 16.5. The van der Waals surface area contributed by atoms with E-state index in [1.165, 1.54) is 7.11 Å². The Kier molecular flexibility index (Phi) is 6.10. The Morgan fingerprint density at radius 3 is 2.61 bits per heavy atom. The van der Waals surface area contributed by atoms with Crippen molar-refractivity contribution in [1.82, 2.24) is 10.6 Å². The second kappa shape index (κ2) is 8.28. The summed E-state index contributed by atoms with van der Waals surface area (Å²) in [4.78, 5) is 34.9. The van der Waals surface area contributed by atoms with Gasteiger partial charge in [0.05, 0.1) is 13.0 Å². The molecule has 0 spiro atoms. The molecule has 1 atom stereocenters. The van der Waals surface area contributed by atoms with E-state index in [2.05, 4.69) is 20.7 Å². The first-order chi connectivity index (χ1) is 11.1. The van der Waals surface area contributed by atoms with Crippen molar-refractivity contribution in [3.63, 3.8) is 0 Å². The van der Waals surface area contributed by atoms with Gasteiger partial charge in [0.2, 0.25) is 5.91 Å². The van der Waals surface area contributed by atoms with E-state index >= 15 is 0 Å². The maximum Gasteiger partial charge on any atom is 0.325 e. The number of hydrogen-bond acceptors (Lipinski definition) is 5. The van der Waals surface area contributed by atoms with E-state index in [-0.39, 0.29) is 24.3 Å². The van der Waals surface area contributed by atoms with E-state index in [1.54, 1.807) is 24.3 Å². The Morgan fingerprint density at radius 2 is 2.00 bits per heavy atom. The molecule has 7 nitrogen and oxygen atoms in total. The average molecular weight is 319 g/mol. The first-order valence-electron chi connectivity index (χ1n) is 7.57. The minimum Gasteiger partial charge on any atom is -0.468 e. The number of carbonyl (C=O) groups is 3. The minimum atomic E-state index is -0.511. The van der Waals surface area contributed by atoms with Gasteiger partial charge in [-0.2, -0.15) is 0 Å². The number of amides is 2. The zero-order valence-electron chi connectivity index (χ0n) is 13.1. The fourth-order valence-corrected chi connectivity index (χ4v) is 2.35. The molecule has 1 heterocycles. The van der Waals surface area contributed by atoms with Crippen LogP contribution in [-0.2, 0) is 14.3 Å². The molecular weight excluding hydrogens is 298 g/mol. The quantitative estimate of drug-likeness (QED) is 0.688. The van der Waals surface area contributed by atoms with Crippen LogP contribution in [0.2, 0.25) is 0 Å². The molecule has 23 heavy (non-hydrogen) atoms. The number of methoxy groups -OCH3 is 1. The normalized spacial score (nSPS) is 17.2. The van der Waals surface area contributed by atoms with Gasteiger partial charge in [0, 0.05) is 17.8 Å². The lowest BCUT2D eigenvalue weighted by Crippen LogP contribution is -2.37. The Balaban J connectivity index is 1.87. The van der Waals surface area contributed by atoms with Crippen LogP contribution >= 0.6 is 0 Å². The fourth-order valence-electron chi connectivity index (χ4n) is 2.35. The number of rotatable bonds is 5. The highest BCUT2D eigenvalue weighted by Gasteiger charge is 2.20. The predicted molar refractivity (Wildman–Crippen MR) is 85.0 cm³/mol. The molecule has 1 aliphatic rings. The van der Waals surface area contributed by atoms with E-state index in [1.807, 2.05) is 0 Å². The molecule has 0 radical (unpaired) electrons. The van der Waals surface area contributed by atoms with Crippen LogP contribution < -0.4 is 16.0 Å². The Hall–Kier alpha value is -2.41. The summed E-state index contributed by atoms with van der Waals surface area (Å²) < 4.78 is 4.45. The Labute approximate surface area is 134 Å². The van der Waals surface area contributed by atoms with Crippen molar-refractivity contribution in [3.05, 3.63) is 29.8 Å². The van der Waals surface area contributed by atoms with Crippen molar-refractivity contribution in [3.8, 4) is 0 Å². The van der Waals surface area contributed by atoms with E-state index in [0.29, 0.717) is 17.8 Å². The van der Waals surface area contributed by atoms with Gasteiger partial charge in [-0.3, -0.25) is 14.4 Å². The third-order valence-electron chi connectivity index (χ3n) is 3.70. The molecule has 1 aromatic carbocycles. The summed E-state index contributed by atoms with van der Waals surface area (Å²) in [6.45, 7) is 1.47. The molecule has 2 rings (SSSR count). The number of carbonyl (C=O) groups excluding carboxylic acids is 3. The molecular formula is C16H21N3O4. The molecule has 1 saturated heterocycles. The molecule has 124 valence electrons. The number of esters is 1. The third-order valence-corrected chi connectivity index (χ3v) is 3.70. The lowest BCUT2D eigenvalue weighted by Gasteiger charge is -2.21. The molecule has 0 saturated carbocycles. The predicted octanol–water partition coefficient (Wildman–Crippen LogP) is 0.527. The number of piperidine rings is 1. The molecule has 1 fully saturated rings. The molecule has 0 bridgehead atoms. The van der Waals surface area contributed by atoms with Crippen molar-refractivity contribution >= 4 is 23.5 Å². The molecule has 0 aliphatic carbocycles. The van der Waals surface area contributed by atoms with Gasteiger partial charge in [-0.1, -0.05) is 0 Å². The number of hydrogen-bond donors (Lipinski definition) is 3. The van der Waals surface area contributed by atoms with Crippen molar-refractivity contribution in [2.45, 2.75) is 12.8 Å². The topological polar surface area (TPSA) is 96.5 Å². The highest BCUT2D eigenvalue weighted by molar-refractivity contribution is 5.97. The van der Waals surface area contributed by atoms with Crippen LogP contribution in [-0.4, -0.2) is 44.5 Å². The first kappa shape index (κ1) is 17.0. The summed E-state index contributed by atoms with van der Waals surface area (Å²) in [6, 6.07) is 6.53. The van der Waals surface area contributed by atoms with Gasteiger partial charge in [0.1, 0.15) is 6.54 Å². The zero-order chi connectivity index (χ0) is 16.7. The van der Waals surface area contributed by atoms with Crippen LogP contribution in [0.4, 0.5) is 5.69 Å². The lowest BCUT2D eigenvalue weighted by atomic mass is 9.99. The van der Waals surface area contributed by atoms with Crippen LogP contribution in [0, 0.1) is 5.92 Å². The number of ether oxygens (including phenoxy) is 1. The summed E-state index contributed by atoms with van der Waals surface area (Å²) in [5, 5.41) is 8.51. The Morgan fingerprint density at radius 1 is 1.26 bits per heavy atom. The summed E-state index contributed by atoms with van der Waals surface area (Å²) in [6.07, 6.45) is 1.88. The van der Waals surface area contributed by atoms with E-state index in [0.717, 1.165) is 19.4 Å². The first-order valence-corrected chi connectivity index (χ1v) is 7.57. The third kappa shape index (κ3) is 5.07. The molecule has 2 amide bonds. The highest BCUT2D eigenvalue weighted by Crippen LogP contribution is 2.15. The van der Waals surface area contributed by atoms with Crippen molar-refractivity contribution in [1.29, 1.82) is 0 Å². The van der Waals surface area contributed by atoms with Gasteiger partial charge in [0.15, 0.2) is 0 Å². The van der Waals surface area contributed by atoms with Gasteiger partial charge in [-0.05, 0) is 43.7 Å². The number of nitrogens with one attached hydrogen (secondary N) is 3. The second-order valence-corrected chi connectivity index (χ2v) is 5.37.